The van der Waals surface area contributed by atoms with Crippen molar-refractivity contribution in [3.05, 3.63) is 72.9 Å². The van der Waals surface area contributed by atoms with Gasteiger partial charge in [-0.25, -0.2) is 33.6 Å². The fraction of sp³-hybridized carbons (Fsp3) is 0.604. The lowest BCUT2D eigenvalue weighted by atomic mass is 10.0. The third-order valence-electron chi connectivity index (χ3n) is 8.70. The molecule has 0 amide bonds. The fourth-order valence-corrected chi connectivity index (χ4v) is 4.84. The molecule has 0 aliphatic heterocycles. The highest BCUT2D eigenvalue weighted by Crippen LogP contribution is 2.23. The van der Waals surface area contributed by atoms with Crippen LogP contribution in [0, 0.1) is 0 Å². The van der Waals surface area contributed by atoms with Crippen LogP contribution in [0.3, 0.4) is 0 Å². The molecule has 0 aliphatic carbocycles. The molecule has 6 N–H and O–H groups in total. The standard InChI is InChI=1S/C48H72O25/c1-26(2)42(55)67-18-32(49)13-62-25-38(63-14-33(50)19-68-43(56)27(3)4)39(64-15-34(51)20-69-44(57)28(5)6)40(65-16-35(52)21-70-45(58)29(7)8)41(66-17-36(53)22-71-46(59)30(9)10)48(61)73-24-37(54)23-72-47(60)31(11)12/h32-41,49-54H,1,3,5,7,9,11,13-25H2,2,4,6,8,10,12H3/t32?,33?,34?,35?,36?,37?,38-,39-,40+,41-/m1/s1. The normalized spacial score (nSPS) is 15.2. The Morgan fingerprint density at radius 1 is 0.315 bits per heavy atom. The molecule has 0 heterocycles. The van der Waals surface area contributed by atoms with Crippen molar-refractivity contribution in [1.82, 2.24) is 0 Å². The molecule has 0 aromatic rings. The first-order valence-electron chi connectivity index (χ1n) is 22.3. The lowest BCUT2D eigenvalue weighted by Gasteiger charge is -2.37. The SMILES string of the molecule is C=C(C)C(=O)OCC(O)COC[C@@H](OCC(O)COC(=O)C(=C)C)[C@@H](OCC(O)COC(=O)C(=C)C)[C@H](OCC(O)COC(=O)C(=C)C)[C@@H](OCC(O)COC(=O)C(=C)C)C(=O)OCC(O)COC(=O)C(=C)C. The summed E-state index contributed by atoms with van der Waals surface area (Å²) in [5.41, 5.74) is -0.117. The Kier molecular flexibility index (Phi) is 33.4. The van der Waals surface area contributed by atoms with Crippen molar-refractivity contribution in [3.63, 3.8) is 0 Å². The van der Waals surface area contributed by atoms with Crippen LogP contribution in [-0.2, 0) is 90.4 Å². The molecule has 25 heteroatoms. The quantitative estimate of drug-likeness (QED) is 0.0243. The second-order valence-corrected chi connectivity index (χ2v) is 16.6. The van der Waals surface area contributed by atoms with E-state index < -0.39 is 189 Å². The van der Waals surface area contributed by atoms with E-state index in [0.717, 1.165) is 0 Å². The summed E-state index contributed by atoms with van der Waals surface area (Å²) in [5.74, 6) is -6.76. The van der Waals surface area contributed by atoms with Gasteiger partial charge in [0.05, 0.1) is 39.6 Å². The minimum absolute atomic E-state index is 0.0122. The van der Waals surface area contributed by atoms with Gasteiger partial charge in [0.15, 0.2) is 6.10 Å². The summed E-state index contributed by atoms with van der Waals surface area (Å²) in [4.78, 5) is 87.0. The molecule has 0 rings (SSSR count). The Balaban J connectivity index is 7.80. The molecule has 0 radical (unpaired) electrons. The lowest BCUT2D eigenvalue weighted by molar-refractivity contribution is -0.219. The molecule has 10 atom stereocenters. The van der Waals surface area contributed by atoms with Gasteiger partial charge in [0.2, 0.25) is 0 Å². The second-order valence-electron chi connectivity index (χ2n) is 16.6. The van der Waals surface area contributed by atoms with Gasteiger partial charge in [-0.15, -0.1) is 0 Å². The van der Waals surface area contributed by atoms with Crippen molar-refractivity contribution in [1.29, 1.82) is 0 Å². The maximum absolute atomic E-state index is 14.3. The Morgan fingerprint density at radius 2 is 0.562 bits per heavy atom. The number of ether oxygens (including phenoxy) is 12. The number of aliphatic hydroxyl groups is 6. The van der Waals surface area contributed by atoms with E-state index in [9.17, 15) is 64.2 Å². The monoisotopic (exact) mass is 1050 g/mol. The van der Waals surface area contributed by atoms with Gasteiger partial charge < -0.3 is 87.5 Å². The molecule has 0 aliphatic rings. The highest BCUT2D eigenvalue weighted by Gasteiger charge is 2.44. The Morgan fingerprint density at radius 3 is 0.877 bits per heavy atom. The number of rotatable bonds is 40. The van der Waals surface area contributed by atoms with Crippen molar-refractivity contribution in [2.45, 2.75) is 103 Å². The number of hydrogen-bond donors (Lipinski definition) is 6. The molecule has 6 unspecified atom stereocenters. The summed E-state index contributed by atoms with van der Waals surface area (Å²) in [5, 5.41) is 65.0. The maximum atomic E-state index is 14.3. The van der Waals surface area contributed by atoms with E-state index in [4.69, 9.17) is 56.8 Å². The highest BCUT2D eigenvalue weighted by molar-refractivity contribution is 5.89. The van der Waals surface area contributed by atoms with E-state index in [1.54, 1.807) is 0 Å². The predicted molar refractivity (Wildman–Crippen MR) is 251 cm³/mol. The predicted octanol–water partition coefficient (Wildman–Crippen LogP) is -1.03. The highest BCUT2D eigenvalue weighted by atomic mass is 16.6. The minimum atomic E-state index is -2.22. The van der Waals surface area contributed by atoms with Gasteiger partial charge in [-0.05, 0) is 41.5 Å². The minimum Gasteiger partial charge on any atom is -0.461 e. The average molecular weight is 1050 g/mol. The van der Waals surface area contributed by atoms with Crippen LogP contribution in [0.2, 0.25) is 0 Å². The van der Waals surface area contributed by atoms with Crippen LogP contribution in [0.15, 0.2) is 72.9 Å². The number of aliphatic hydroxyl groups excluding tert-OH is 6. The molecule has 0 bridgehead atoms. The van der Waals surface area contributed by atoms with Gasteiger partial charge in [-0.3, -0.25) is 0 Å². The van der Waals surface area contributed by atoms with Crippen LogP contribution in [0.1, 0.15) is 41.5 Å². The van der Waals surface area contributed by atoms with Crippen molar-refractivity contribution in [2.75, 3.05) is 85.9 Å². The molecule has 73 heavy (non-hydrogen) atoms. The average Bonchev–Trinajstić information content (AvgIpc) is 3.33. The van der Waals surface area contributed by atoms with Crippen LogP contribution in [0.4, 0.5) is 0 Å². The van der Waals surface area contributed by atoms with Gasteiger partial charge in [-0.1, -0.05) is 39.5 Å². The second kappa shape index (κ2) is 36.3. The fourth-order valence-electron chi connectivity index (χ4n) is 4.84. The summed E-state index contributed by atoms with van der Waals surface area (Å²) in [7, 11) is 0. The van der Waals surface area contributed by atoms with Crippen LogP contribution in [0.5, 0.6) is 0 Å². The van der Waals surface area contributed by atoms with E-state index in [-0.39, 0.29) is 33.4 Å². The van der Waals surface area contributed by atoms with Gasteiger partial charge in [0.25, 0.3) is 0 Å². The van der Waals surface area contributed by atoms with E-state index in [2.05, 4.69) is 39.5 Å². The van der Waals surface area contributed by atoms with E-state index in [1.165, 1.54) is 41.5 Å². The zero-order valence-electron chi connectivity index (χ0n) is 42.1. The van der Waals surface area contributed by atoms with Crippen molar-refractivity contribution in [3.8, 4) is 0 Å². The summed E-state index contributed by atoms with van der Waals surface area (Å²) >= 11 is 0. The van der Waals surface area contributed by atoms with Crippen LogP contribution >= 0.6 is 0 Å². The molecule has 414 valence electrons. The van der Waals surface area contributed by atoms with Gasteiger partial charge >= 0.3 is 41.8 Å². The summed E-state index contributed by atoms with van der Waals surface area (Å²) in [6.45, 7) is 19.0. The first kappa shape index (κ1) is 67.3. The molecule has 0 aromatic carbocycles. The van der Waals surface area contributed by atoms with Crippen LogP contribution < -0.4 is 0 Å². The summed E-state index contributed by atoms with van der Waals surface area (Å²) in [6.07, 6.45) is -17.8. The first-order valence-corrected chi connectivity index (χ1v) is 22.3. The van der Waals surface area contributed by atoms with Gasteiger partial charge in [0, 0.05) is 33.4 Å². The first-order chi connectivity index (χ1) is 34.1. The molecule has 0 fully saturated rings. The molecular formula is C48H72O25. The van der Waals surface area contributed by atoms with Crippen LogP contribution in [-0.4, -0.2) is 219 Å². The van der Waals surface area contributed by atoms with Crippen molar-refractivity contribution >= 4 is 41.8 Å². The molecule has 0 aromatic heterocycles. The lowest BCUT2D eigenvalue weighted by Crippen LogP contribution is -2.56. The zero-order valence-corrected chi connectivity index (χ0v) is 42.1. The molecular weight excluding hydrogens is 977 g/mol. The topological polar surface area (TPSA) is 352 Å². The Hall–Kier alpha value is -5.71. The maximum Gasteiger partial charge on any atom is 0.338 e. The number of hydrogen-bond acceptors (Lipinski definition) is 25. The molecule has 0 saturated carbocycles. The molecule has 0 saturated heterocycles. The van der Waals surface area contributed by atoms with E-state index in [1.807, 2.05) is 0 Å². The van der Waals surface area contributed by atoms with Gasteiger partial charge in [-0.2, -0.15) is 0 Å². The van der Waals surface area contributed by atoms with Gasteiger partial charge in [0.1, 0.15) is 101 Å². The third kappa shape index (κ3) is 30.2. The number of carbonyl (C=O) groups is 7. The van der Waals surface area contributed by atoms with Crippen LogP contribution in [0.25, 0.3) is 0 Å². The molecule has 0 spiro atoms. The van der Waals surface area contributed by atoms with E-state index in [0.29, 0.717) is 0 Å². The smallest absolute Gasteiger partial charge is 0.338 e. The molecule has 25 nitrogen and oxygen atoms in total. The van der Waals surface area contributed by atoms with E-state index >= 15 is 0 Å². The number of esters is 7. The Bertz CT molecular complexity index is 1890. The number of carbonyl (C=O) groups excluding carboxylic acids is 7. The zero-order chi connectivity index (χ0) is 56.0. The Labute approximate surface area is 423 Å². The summed E-state index contributed by atoms with van der Waals surface area (Å²) in [6, 6.07) is 0. The summed E-state index contributed by atoms with van der Waals surface area (Å²) < 4.78 is 65.2. The van der Waals surface area contributed by atoms with Crippen molar-refractivity contribution in [2.24, 2.45) is 0 Å². The third-order valence-corrected chi connectivity index (χ3v) is 8.70. The largest absolute Gasteiger partial charge is 0.461 e. The van der Waals surface area contributed by atoms with Crippen molar-refractivity contribution < 1.29 is 121 Å².